The molecule has 3 aromatic heterocycles. The molecule has 0 aliphatic heterocycles. The lowest BCUT2D eigenvalue weighted by molar-refractivity contribution is 0.680. The minimum absolute atomic E-state index is 0.632. The van der Waals surface area contributed by atoms with Gasteiger partial charge in [-0.05, 0) is 32.6 Å². The van der Waals surface area contributed by atoms with E-state index in [0.29, 0.717) is 5.78 Å². The molecule has 0 aromatic carbocycles. The second-order valence-electron chi connectivity index (χ2n) is 5.62. The van der Waals surface area contributed by atoms with Crippen LogP contribution in [-0.4, -0.2) is 31.1 Å². The highest BCUT2D eigenvalue weighted by molar-refractivity contribution is 7.11. The van der Waals surface area contributed by atoms with Crippen LogP contribution in [0.5, 0.6) is 0 Å². The molecule has 22 heavy (non-hydrogen) atoms. The van der Waals surface area contributed by atoms with Crippen LogP contribution in [0.3, 0.4) is 0 Å². The smallest absolute Gasteiger partial charge is 0.254 e. The highest BCUT2D eigenvalue weighted by Gasteiger charge is 2.14. The van der Waals surface area contributed by atoms with Gasteiger partial charge in [-0.25, -0.2) is 9.97 Å². The zero-order chi connectivity index (χ0) is 14.9. The summed E-state index contributed by atoms with van der Waals surface area (Å²) in [4.78, 5) is 14.8. The van der Waals surface area contributed by atoms with Gasteiger partial charge in [-0.1, -0.05) is 0 Å². The second kappa shape index (κ2) is 5.64. The van der Waals surface area contributed by atoms with Crippen molar-refractivity contribution in [2.75, 3.05) is 11.9 Å². The lowest BCUT2D eigenvalue weighted by atomic mass is 10.0. The van der Waals surface area contributed by atoms with Gasteiger partial charge in [0.1, 0.15) is 12.1 Å². The van der Waals surface area contributed by atoms with E-state index in [9.17, 15) is 0 Å². The monoisotopic (exact) mass is 314 g/mol. The third-order valence-corrected chi connectivity index (χ3v) is 5.13. The molecule has 1 aliphatic carbocycles. The van der Waals surface area contributed by atoms with Gasteiger partial charge < -0.3 is 5.32 Å². The van der Waals surface area contributed by atoms with Gasteiger partial charge in [0.05, 0.1) is 10.7 Å². The van der Waals surface area contributed by atoms with Gasteiger partial charge in [0.25, 0.3) is 5.78 Å². The van der Waals surface area contributed by atoms with Crippen molar-refractivity contribution in [3.63, 3.8) is 0 Å². The van der Waals surface area contributed by atoms with E-state index in [2.05, 4.69) is 20.4 Å². The van der Waals surface area contributed by atoms with E-state index < -0.39 is 0 Å². The number of nitrogens with zero attached hydrogens (tertiary/aromatic N) is 5. The molecule has 0 bridgehead atoms. The van der Waals surface area contributed by atoms with Gasteiger partial charge in [0.2, 0.25) is 0 Å². The Kier molecular flexibility index (Phi) is 3.49. The summed E-state index contributed by atoms with van der Waals surface area (Å²) in [5, 5.41) is 8.87. The summed E-state index contributed by atoms with van der Waals surface area (Å²) in [7, 11) is 0. The normalized spacial score (nSPS) is 14.2. The van der Waals surface area contributed by atoms with E-state index in [1.807, 2.05) is 24.3 Å². The van der Waals surface area contributed by atoms with Crippen LogP contribution >= 0.6 is 11.3 Å². The molecule has 6 nitrogen and oxygen atoms in total. The van der Waals surface area contributed by atoms with Crippen molar-refractivity contribution in [1.82, 2.24) is 24.6 Å². The van der Waals surface area contributed by atoms with Crippen molar-refractivity contribution in [3.8, 4) is 0 Å². The second-order valence-corrected chi connectivity index (χ2v) is 6.78. The van der Waals surface area contributed by atoms with E-state index >= 15 is 0 Å². The summed E-state index contributed by atoms with van der Waals surface area (Å²) in [5.41, 5.74) is 2.28. The Balaban J connectivity index is 1.46. The molecular weight excluding hydrogens is 296 g/mol. The first-order valence-electron chi connectivity index (χ1n) is 7.68. The van der Waals surface area contributed by atoms with Crippen molar-refractivity contribution in [3.05, 3.63) is 33.7 Å². The molecule has 0 unspecified atom stereocenters. The van der Waals surface area contributed by atoms with Crippen LogP contribution < -0.4 is 5.32 Å². The molecule has 0 radical (unpaired) electrons. The third kappa shape index (κ3) is 2.56. The summed E-state index contributed by atoms with van der Waals surface area (Å²) < 4.78 is 1.74. The van der Waals surface area contributed by atoms with Crippen LogP contribution in [0.4, 0.5) is 5.82 Å². The Hall–Kier alpha value is -2.02. The van der Waals surface area contributed by atoms with Crippen molar-refractivity contribution in [2.24, 2.45) is 0 Å². The average Bonchev–Trinajstić information content (AvgIpc) is 3.12. The quantitative estimate of drug-likeness (QED) is 0.801. The summed E-state index contributed by atoms with van der Waals surface area (Å²) in [6.45, 7) is 2.81. The van der Waals surface area contributed by atoms with Crippen LogP contribution in [-0.2, 0) is 19.3 Å². The van der Waals surface area contributed by atoms with E-state index in [-0.39, 0.29) is 0 Å². The maximum Gasteiger partial charge on any atom is 0.254 e. The molecule has 0 amide bonds. The highest BCUT2D eigenvalue weighted by Crippen LogP contribution is 2.26. The first-order valence-corrected chi connectivity index (χ1v) is 8.50. The molecule has 0 fully saturated rings. The van der Waals surface area contributed by atoms with E-state index in [0.717, 1.165) is 30.9 Å². The number of hydrogen-bond donors (Lipinski definition) is 1. The zero-order valence-corrected chi connectivity index (χ0v) is 13.4. The largest absolute Gasteiger partial charge is 0.369 e. The topological polar surface area (TPSA) is 68.0 Å². The lowest BCUT2D eigenvalue weighted by Crippen LogP contribution is -2.10. The fraction of sp³-hybridized carbons (Fsp3) is 0.467. The van der Waals surface area contributed by atoms with E-state index in [4.69, 9.17) is 4.98 Å². The molecule has 0 atom stereocenters. The molecule has 7 heteroatoms. The lowest BCUT2D eigenvalue weighted by Gasteiger charge is -2.07. The Morgan fingerprint density at radius 1 is 1.27 bits per heavy atom. The van der Waals surface area contributed by atoms with Gasteiger partial charge >= 0.3 is 0 Å². The SMILES string of the molecule is Cc1cc(NCCc2nc3c(s2)CCCC3)n2ncnc2n1. The molecule has 4 rings (SSSR count). The number of thiazole rings is 1. The van der Waals surface area contributed by atoms with Crippen molar-refractivity contribution in [1.29, 1.82) is 0 Å². The Labute approximate surface area is 132 Å². The van der Waals surface area contributed by atoms with Crippen molar-refractivity contribution >= 4 is 22.9 Å². The summed E-state index contributed by atoms with van der Waals surface area (Å²) in [5.74, 6) is 1.56. The molecule has 114 valence electrons. The van der Waals surface area contributed by atoms with Crippen LogP contribution in [0, 0.1) is 6.92 Å². The van der Waals surface area contributed by atoms with Crippen LogP contribution in [0.1, 0.15) is 34.1 Å². The molecule has 0 spiro atoms. The number of fused-ring (bicyclic) bond motifs is 2. The van der Waals surface area contributed by atoms with Crippen LogP contribution in [0.25, 0.3) is 5.78 Å². The molecule has 3 aromatic rings. The fourth-order valence-electron chi connectivity index (χ4n) is 2.87. The van der Waals surface area contributed by atoms with Gasteiger partial charge in [0.15, 0.2) is 0 Å². The number of aromatic nitrogens is 5. The van der Waals surface area contributed by atoms with E-state index in [1.165, 1.54) is 41.2 Å². The van der Waals surface area contributed by atoms with Gasteiger partial charge in [0, 0.05) is 29.6 Å². The predicted molar refractivity (Wildman–Crippen MR) is 86.5 cm³/mol. The summed E-state index contributed by atoms with van der Waals surface area (Å²) in [6, 6.07) is 1.99. The molecule has 1 N–H and O–H groups in total. The predicted octanol–water partition coefficient (Wildman–Crippen LogP) is 2.42. The molecular formula is C15H18N6S. The van der Waals surface area contributed by atoms with Gasteiger partial charge in [-0.3, -0.25) is 0 Å². The number of rotatable bonds is 4. The standard InChI is InChI=1S/C15H18N6S/c1-10-8-13(21-15(19-10)17-9-18-21)16-7-6-14-20-11-4-2-3-5-12(11)22-14/h8-9,16H,2-7H2,1H3. The first kappa shape index (κ1) is 13.6. The number of anilines is 1. The van der Waals surface area contributed by atoms with Gasteiger partial charge in [-0.15, -0.1) is 11.3 Å². The highest BCUT2D eigenvalue weighted by atomic mass is 32.1. The Morgan fingerprint density at radius 3 is 3.09 bits per heavy atom. The average molecular weight is 314 g/mol. The van der Waals surface area contributed by atoms with Crippen molar-refractivity contribution in [2.45, 2.75) is 39.0 Å². The zero-order valence-electron chi connectivity index (χ0n) is 12.5. The maximum absolute atomic E-state index is 4.78. The van der Waals surface area contributed by atoms with Gasteiger partial charge in [-0.2, -0.15) is 14.6 Å². The molecule has 3 heterocycles. The minimum atomic E-state index is 0.632. The van der Waals surface area contributed by atoms with Crippen molar-refractivity contribution < 1.29 is 0 Å². The molecule has 0 saturated carbocycles. The minimum Gasteiger partial charge on any atom is -0.369 e. The molecule has 1 aliphatic rings. The number of aryl methyl sites for hydroxylation is 3. The first-order chi connectivity index (χ1) is 10.8. The summed E-state index contributed by atoms with van der Waals surface area (Å²) >= 11 is 1.88. The summed E-state index contributed by atoms with van der Waals surface area (Å²) in [6.07, 6.45) is 7.44. The Morgan fingerprint density at radius 2 is 2.18 bits per heavy atom. The van der Waals surface area contributed by atoms with E-state index in [1.54, 1.807) is 4.52 Å². The fourth-order valence-corrected chi connectivity index (χ4v) is 4.02. The maximum atomic E-state index is 4.78. The molecule has 0 saturated heterocycles. The van der Waals surface area contributed by atoms with Crippen LogP contribution in [0.15, 0.2) is 12.4 Å². The Bertz CT molecular complexity index is 782. The number of hydrogen-bond acceptors (Lipinski definition) is 6. The third-order valence-electron chi connectivity index (χ3n) is 3.91. The number of nitrogens with one attached hydrogen (secondary N) is 1. The van der Waals surface area contributed by atoms with Crippen LogP contribution in [0.2, 0.25) is 0 Å².